The lowest BCUT2D eigenvalue weighted by Crippen LogP contribution is -2.50. The first kappa shape index (κ1) is 21.4. The van der Waals surface area contributed by atoms with Gasteiger partial charge in [-0.3, -0.25) is 14.8 Å². The average Bonchev–Trinajstić information content (AvgIpc) is 3.02. The summed E-state index contributed by atoms with van der Waals surface area (Å²) >= 11 is 0. The van der Waals surface area contributed by atoms with Crippen molar-refractivity contribution in [3.05, 3.63) is 0 Å². The van der Waals surface area contributed by atoms with Crippen LogP contribution in [0.1, 0.15) is 59.8 Å². The zero-order valence-corrected chi connectivity index (χ0v) is 15.4. The minimum absolute atomic E-state index is 0.293. The third-order valence-electron chi connectivity index (χ3n) is 4.16. The zero-order valence-electron chi connectivity index (χ0n) is 15.4. The highest BCUT2D eigenvalue weighted by Crippen LogP contribution is 2.26. The van der Waals surface area contributed by atoms with E-state index in [4.69, 9.17) is 9.94 Å². The lowest BCUT2D eigenvalue weighted by molar-refractivity contribution is -0.165. The molecule has 8 heteroatoms. The third kappa shape index (κ3) is 5.97. The number of aliphatic hydroxyl groups is 1. The maximum absolute atomic E-state index is 12.9. The van der Waals surface area contributed by atoms with Gasteiger partial charge in [-0.2, -0.15) is 0 Å². The molecule has 1 aliphatic rings. The quantitative estimate of drug-likeness (QED) is 0.355. The van der Waals surface area contributed by atoms with Crippen LogP contribution >= 0.6 is 0 Å². The molecule has 0 bridgehead atoms. The fourth-order valence-electron chi connectivity index (χ4n) is 2.95. The Hall–Kier alpha value is -1.67. The van der Waals surface area contributed by atoms with Crippen molar-refractivity contribution in [1.82, 2.24) is 10.4 Å². The molecule has 3 unspecified atom stereocenters. The Morgan fingerprint density at radius 1 is 1.32 bits per heavy atom. The summed E-state index contributed by atoms with van der Waals surface area (Å²) in [7, 11) is 0. The Bertz CT molecular complexity index is 488. The molecule has 0 saturated carbocycles. The van der Waals surface area contributed by atoms with Crippen molar-refractivity contribution in [3.8, 4) is 0 Å². The maximum Gasteiger partial charge on any atom is 0.329 e. The number of rotatable bonds is 7. The molecule has 0 aromatic carbocycles. The minimum Gasteiger partial charge on any atom is -0.458 e. The molecular formula is C17H30N2O6. The monoisotopic (exact) mass is 358 g/mol. The van der Waals surface area contributed by atoms with Gasteiger partial charge in [0, 0.05) is 6.54 Å². The van der Waals surface area contributed by atoms with Crippen molar-refractivity contribution < 1.29 is 29.4 Å². The van der Waals surface area contributed by atoms with E-state index in [-0.39, 0.29) is 0 Å². The van der Waals surface area contributed by atoms with Crippen LogP contribution in [0, 0.1) is 5.92 Å². The highest BCUT2D eigenvalue weighted by atomic mass is 16.6. The van der Waals surface area contributed by atoms with E-state index >= 15 is 0 Å². The molecular weight excluding hydrogens is 328 g/mol. The molecule has 8 nitrogen and oxygen atoms in total. The molecule has 0 aromatic heterocycles. The second-order valence-electron chi connectivity index (χ2n) is 7.39. The number of carbonyl (C=O) groups excluding carboxylic acids is 3. The summed E-state index contributed by atoms with van der Waals surface area (Å²) in [4.78, 5) is 38.2. The SMILES string of the molecule is CCCCC(C(=O)N1CCCC1C(=O)OC(C)(C)C)C(O)C(=O)NO. The van der Waals surface area contributed by atoms with Crippen molar-refractivity contribution in [2.24, 2.45) is 5.92 Å². The fourth-order valence-corrected chi connectivity index (χ4v) is 2.95. The van der Waals surface area contributed by atoms with Crippen LogP contribution in [0.4, 0.5) is 0 Å². The summed E-state index contributed by atoms with van der Waals surface area (Å²) < 4.78 is 5.38. The summed E-state index contributed by atoms with van der Waals surface area (Å²) in [6, 6.07) is -0.708. The Labute approximate surface area is 148 Å². The first-order valence-electron chi connectivity index (χ1n) is 8.77. The van der Waals surface area contributed by atoms with Gasteiger partial charge in [0.05, 0.1) is 5.92 Å². The van der Waals surface area contributed by atoms with Crippen molar-refractivity contribution in [3.63, 3.8) is 0 Å². The molecule has 1 fully saturated rings. The lowest BCUT2D eigenvalue weighted by Gasteiger charge is -2.31. The molecule has 25 heavy (non-hydrogen) atoms. The summed E-state index contributed by atoms with van der Waals surface area (Å²) in [6.45, 7) is 7.57. The number of nitrogens with zero attached hydrogens (tertiary/aromatic N) is 1. The van der Waals surface area contributed by atoms with Gasteiger partial charge in [0.1, 0.15) is 17.7 Å². The molecule has 3 N–H and O–H groups in total. The molecule has 2 amide bonds. The average molecular weight is 358 g/mol. The minimum atomic E-state index is -1.66. The van der Waals surface area contributed by atoms with E-state index in [9.17, 15) is 19.5 Å². The van der Waals surface area contributed by atoms with Gasteiger partial charge in [0.2, 0.25) is 5.91 Å². The number of amides is 2. The Kier molecular flexibility index (Phi) is 7.82. The van der Waals surface area contributed by atoms with Gasteiger partial charge in [-0.1, -0.05) is 19.8 Å². The first-order valence-corrected chi connectivity index (χ1v) is 8.77. The van der Waals surface area contributed by atoms with Crippen molar-refractivity contribution in [1.29, 1.82) is 0 Å². The third-order valence-corrected chi connectivity index (χ3v) is 4.16. The number of ether oxygens (including phenoxy) is 1. The van der Waals surface area contributed by atoms with Crippen LogP contribution in [0.5, 0.6) is 0 Å². The molecule has 3 atom stereocenters. The largest absolute Gasteiger partial charge is 0.458 e. The standard InChI is InChI=1S/C17H30N2O6/c1-5-6-8-11(13(20)14(21)18-24)15(22)19-10-7-9-12(19)16(23)25-17(2,3)4/h11-13,20,24H,5-10H2,1-4H3,(H,18,21). The van der Waals surface area contributed by atoms with Crippen LogP contribution < -0.4 is 5.48 Å². The summed E-state index contributed by atoms with van der Waals surface area (Å²) in [5.74, 6) is -2.97. The van der Waals surface area contributed by atoms with E-state index in [2.05, 4.69) is 0 Å². The fraction of sp³-hybridized carbons (Fsp3) is 0.824. The summed E-state index contributed by atoms with van der Waals surface area (Å²) in [5, 5.41) is 18.8. The van der Waals surface area contributed by atoms with Crippen molar-refractivity contribution >= 4 is 17.8 Å². The lowest BCUT2D eigenvalue weighted by atomic mass is 9.93. The van der Waals surface area contributed by atoms with Gasteiger partial charge in [0.15, 0.2) is 0 Å². The van der Waals surface area contributed by atoms with Crippen LogP contribution in [0.3, 0.4) is 0 Å². The number of hydrogen-bond donors (Lipinski definition) is 3. The van der Waals surface area contributed by atoms with E-state index in [1.54, 1.807) is 20.8 Å². The first-order chi connectivity index (χ1) is 11.6. The molecule has 0 radical (unpaired) electrons. The van der Waals surface area contributed by atoms with Crippen LogP contribution in [0.25, 0.3) is 0 Å². The highest BCUT2D eigenvalue weighted by Gasteiger charge is 2.42. The van der Waals surface area contributed by atoms with E-state index in [1.807, 2.05) is 6.92 Å². The number of aliphatic hydroxyl groups excluding tert-OH is 1. The highest BCUT2D eigenvalue weighted by molar-refractivity contribution is 5.91. The van der Waals surface area contributed by atoms with E-state index in [0.717, 1.165) is 6.42 Å². The van der Waals surface area contributed by atoms with Gasteiger partial charge in [-0.05, 0) is 40.0 Å². The Morgan fingerprint density at radius 3 is 2.48 bits per heavy atom. The maximum atomic E-state index is 12.9. The molecule has 0 aromatic rings. The van der Waals surface area contributed by atoms with Crippen molar-refractivity contribution in [2.45, 2.75) is 77.5 Å². The second-order valence-corrected chi connectivity index (χ2v) is 7.39. The molecule has 144 valence electrons. The predicted octanol–water partition coefficient (Wildman–Crippen LogP) is 0.992. The van der Waals surface area contributed by atoms with Crippen LogP contribution in [-0.4, -0.2) is 57.3 Å². The zero-order chi connectivity index (χ0) is 19.2. The number of esters is 1. The van der Waals surface area contributed by atoms with E-state index in [0.29, 0.717) is 32.2 Å². The Morgan fingerprint density at radius 2 is 1.96 bits per heavy atom. The van der Waals surface area contributed by atoms with Crippen LogP contribution in [0.15, 0.2) is 0 Å². The molecule has 1 heterocycles. The molecule has 0 spiro atoms. The van der Waals surface area contributed by atoms with Crippen molar-refractivity contribution in [2.75, 3.05) is 6.54 Å². The Balaban J connectivity index is 2.93. The van der Waals surface area contributed by atoms with E-state index < -0.39 is 41.4 Å². The van der Waals surface area contributed by atoms with Gasteiger partial charge < -0.3 is 14.7 Å². The second kappa shape index (κ2) is 9.15. The molecule has 1 aliphatic heterocycles. The van der Waals surface area contributed by atoms with Crippen LogP contribution in [-0.2, 0) is 19.1 Å². The number of hydrogen-bond acceptors (Lipinski definition) is 6. The van der Waals surface area contributed by atoms with Gasteiger partial charge in [-0.15, -0.1) is 0 Å². The number of hydroxylamine groups is 1. The van der Waals surface area contributed by atoms with Gasteiger partial charge >= 0.3 is 5.97 Å². The normalized spacial score (nSPS) is 20.1. The van der Waals surface area contributed by atoms with Gasteiger partial charge in [0.25, 0.3) is 5.91 Å². The topological polar surface area (TPSA) is 116 Å². The number of carbonyl (C=O) groups is 3. The van der Waals surface area contributed by atoms with Gasteiger partial charge in [-0.25, -0.2) is 10.3 Å². The molecule has 1 rings (SSSR count). The van der Waals surface area contributed by atoms with E-state index in [1.165, 1.54) is 10.4 Å². The number of nitrogens with one attached hydrogen (secondary N) is 1. The molecule has 1 saturated heterocycles. The number of unbranched alkanes of at least 4 members (excludes halogenated alkanes) is 1. The smallest absolute Gasteiger partial charge is 0.329 e. The molecule has 0 aliphatic carbocycles. The summed E-state index contributed by atoms with van der Waals surface area (Å²) in [5.41, 5.74) is 0.720. The number of likely N-dealkylation sites (tertiary alicyclic amines) is 1. The van der Waals surface area contributed by atoms with Crippen LogP contribution in [0.2, 0.25) is 0 Å². The predicted molar refractivity (Wildman–Crippen MR) is 89.5 cm³/mol. The summed E-state index contributed by atoms with van der Waals surface area (Å²) in [6.07, 6.45) is 1.19.